The fourth-order valence-electron chi connectivity index (χ4n) is 3.01. The Morgan fingerprint density at radius 2 is 1.19 bits per heavy atom. The van der Waals surface area contributed by atoms with Crippen molar-refractivity contribution in [3.63, 3.8) is 0 Å². The third kappa shape index (κ3) is 3.93. The Bertz CT molecular complexity index is 1040. The van der Waals surface area contributed by atoms with Crippen molar-refractivity contribution >= 4 is 15.9 Å². The van der Waals surface area contributed by atoms with Crippen LogP contribution < -0.4 is 4.74 Å². The van der Waals surface area contributed by atoms with Crippen LogP contribution in [0.2, 0.25) is 0 Å². The van der Waals surface area contributed by atoms with Crippen LogP contribution in [0.25, 0.3) is 33.6 Å². The molecule has 4 aromatic rings. The minimum atomic E-state index is 0.839. The number of hydrogen-bond acceptors (Lipinski definition) is 2. The van der Waals surface area contributed by atoms with E-state index < -0.39 is 0 Å². The van der Waals surface area contributed by atoms with Gasteiger partial charge in [0, 0.05) is 15.6 Å². The summed E-state index contributed by atoms with van der Waals surface area (Å²) in [7, 11) is 1.68. The van der Waals surface area contributed by atoms with Crippen molar-refractivity contribution in [3.8, 4) is 39.4 Å². The van der Waals surface area contributed by atoms with Crippen LogP contribution in [-0.2, 0) is 0 Å². The molecule has 27 heavy (non-hydrogen) atoms. The standard InChI is InChI=1S/C24H18BrNO/c1-27-22-13-9-19(10-14-22)24-16-20(17-5-3-2-4-6-17)15-23(26-24)18-7-11-21(25)12-8-18/h2-16H,1H3. The number of methoxy groups -OCH3 is 1. The molecule has 0 saturated carbocycles. The van der Waals surface area contributed by atoms with Crippen LogP contribution in [0, 0.1) is 0 Å². The lowest BCUT2D eigenvalue weighted by Gasteiger charge is -2.11. The molecule has 3 aromatic carbocycles. The number of hydrogen-bond donors (Lipinski definition) is 0. The summed E-state index contributed by atoms with van der Waals surface area (Å²) in [5.41, 5.74) is 6.37. The van der Waals surface area contributed by atoms with Crippen molar-refractivity contribution < 1.29 is 4.74 Å². The molecule has 0 aliphatic rings. The average molecular weight is 416 g/mol. The van der Waals surface area contributed by atoms with Gasteiger partial charge in [-0.05, 0) is 59.7 Å². The first-order chi connectivity index (χ1) is 13.2. The average Bonchev–Trinajstić information content (AvgIpc) is 2.74. The van der Waals surface area contributed by atoms with Gasteiger partial charge in [0.2, 0.25) is 0 Å². The summed E-state index contributed by atoms with van der Waals surface area (Å²) in [4.78, 5) is 4.93. The first kappa shape index (κ1) is 17.5. The van der Waals surface area contributed by atoms with E-state index in [4.69, 9.17) is 9.72 Å². The summed E-state index contributed by atoms with van der Waals surface area (Å²) in [6.07, 6.45) is 0. The molecular formula is C24H18BrNO. The molecule has 0 amide bonds. The van der Waals surface area contributed by atoms with Crippen LogP contribution >= 0.6 is 15.9 Å². The van der Waals surface area contributed by atoms with Crippen LogP contribution in [-0.4, -0.2) is 12.1 Å². The lowest BCUT2D eigenvalue weighted by molar-refractivity contribution is 0.415. The molecule has 0 aliphatic heterocycles. The summed E-state index contributed by atoms with van der Waals surface area (Å²) in [6.45, 7) is 0. The Morgan fingerprint density at radius 3 is 1.74 bits per heavy atom. The molecule has 0 bridgehead atoms. The van der Waals surface area contributed by atoms with Crippen LogP contribution in [0.5, 0.6) is 5.75 Å². The van der Waals surface area contributed by atoms with Crippen molar-refractivity contribution in [1.29, 1.82) is 0 Å². The molecule has 0 N–H and O–H groups in total. The number of nitrogens with zero attached hydrogens (tertiary/aromatic N) is 1. The first-order valence-electron chi connectivity index (χ1n) is 8.71. The zero-order valence-corrected chi connectivity index (χ0v) is 16.5. The highest BCUT2D eigenvalue weighted by atomic mass is 79.9. The molecule has 132 valence electrons. The van der Waals surface area contributed by atoms with Crippen LogP contribution in [0.1, 0.15) is 0 Å². The molecule has 0 spiro atoms. The van der Waals surface area contributed by atoms with Crippen LogP contribution in [0.4, 0.5) is 0 Å². The molecule has 4 rings (SSSR count). The van der Waals surface area contributed by atoms with E-state index in [-0.39, 0.29) is 0 Å². The third-order valence-corrected chi connectivity index (χ3v) is 4.99. The van der Waals surface area contributed by atoms with E-state index in [9.17, 15) is 0 Å². The van der Waals surface area contributed by atoms with Gasteiger partial charge >= 0.3 is 0 Å². The molecule has 0 atom stereocenters. The smallest absolute Gasteiger partial charge is 0.118 e. The SMILES string of the molecule is COc1ccc(-c2cc(-c3ccccc3)cc(-c3ccc(Br)cc3)n2)cc1. The maximum atomic E-state index is 5.28. The predicted octanol–water partition coefficient (Wildman–Crippen LogP) is 6.85. The molecule has 3 heteroatoms. The van der Waals surface area contributed by atoms with Gasteiger partial charge in [-0.2, -0.15) is 0 Å². The number of aromatic nitrogens is 1. The summed E-state index contributed by atoms with van der Waals surface area (Å²) < 4.78 is 6.33. The fourth-order valence-corrected chi connectivity index (χ4v) is 3.27. The van der Waals surface area contributed by atoms with Gasteiger partial charge in [-0.15, -0.1) is 0 Å². The Balaban J connectivity index is 1.87. The molecule has 0 aliphatic carbocycles. The lowest BCUT2D eigenvalue weighted by Crippen LogP contribution is -1.91. The number of pyridine rings is 1. The van der Waals surface area contributed by atoms with Crippen LogP contribution in [0.15, 0.2) is 95.5 Å². The Hall–Kier alpha value is -2.91. The lowest BCUT2D eigenvalue weighted by atomic mass is 10.00. The van der Waals surface area contributed by atoms with Gasteiger partial charge in [0.05, 0.1) is 18.5 Å². The molecule has 2 nitrogen and oxygen atoms in total. The van der Waals surface area contributed by atoms with Gasteiger partial charge in [-0.1, -0.05) is 58.4 Å². The first-order valence-corrected chi connectivity index (χ1v) is 9.50. The maximum absolute atomic E-state index is 5.28. The second kappa shape index (κ2) is 7.77. The minimum absolute atomic E-state index is 0.839. The van der Waals surface area contributed by atoms with Crippen LogP contribution in [0.3, 0.4) is 0 Å². The highest BCUT2D eigenvalue weighted by molar-refractivity contribution is 9.10. The molecule has 0 unspecified atom stereocenters. The van der Waals surface area contributed by atoms with E-state index in [1.165, 1.54) is 5.56 Å². The van der Waals surface area contributed by atoms with Gasteiger partial charge in [-0.25, -0.2) is 4.98 Å². The fraction of sp³-hybridized carbons (Fsp3) is 0.0417. The summed E-state index contributed by atoms with van der Waals surface area (Å²) in [6, 6.07) is 30.9. The highest BCUT2D eigenvalue weighted by Crippen LogP contribution is 2.31. The molecule has 0 fully saturated rings. The van der Waals surface area contributed by atoms with Crippen molar-refractivity contribution in [2.45, 2.75) is 0 Å². The minimum Gasteiger partial charge on any atom is -0.497 e. The monoisotopic (exact) mass is 415 g/mol. The van der Waals surface area contributed by atoms with Crippen molar-refractivity contribution in [3.05, 3.63) is 95.5 Å². The van der Waals surface area contributed by atoms with E-state index in [1.54, 1.807) is 7.11 Å². The summed E-state index contributed by atoms with van der Waals surface area (Å²) >= 11 is 3.50. The number of halogens is 1. The van der Waals surface area contributed by atoms with Crippen molar-refractivity contribution in [2.24, 2.45) is 0 Å². The van der Waals surface area contributed by atoms with Gasteiger partial charge in [0.25, 0.3) is 0 Å². The molecular weight excluding hydrogens is 398 g/mol. The zero-order valence-electron chi connectivity index (χ0n) is 14.9. The van der Waals surface area contributed by atoms with Gasteiger partial charge in [0.1, 0.15) is 5.75 Å². The summed E-state index contributed by atoms with van der Waals surface area (Å²) in [5.74, 6) is 0.839. The quantitative estimate of drug-likeness (QED) is 0.363. The molecule has 1 aromatic heterocycles. The zero-order chi connectivity index (χ0) is 18.6. The third-order valence-electron chi connectivity index (χ3n) is 4.46. The van der Waals surface area contributed by atoms with E-state index in [0.29, 0.717) is 0 Å². The van der Waals surface area contributed by atoms with Gasteiger partial charge in [-0.3, -0.25) is 0 Å². The number of rotatable bonds is 4. The van der Waals surface area contributed by atoms with E-state index >= 15 is 0 Å². The topological polar surface area (TPSA) is 22.1 Å². The Morgan fingerprint density at radius 1 is 0.630 bits per heavy atom. The number of benzene rings is 3. The highest BCUT2D eigenvalue weighted by Gasteiger charge is 2.09. The van der Waals surface area contributed by atoms with Gasteiger partial charge < -0.3 is 4.74 Å². The summed E-state index contributed by atoms with van der Waals surface area (Å²) in [5, 5.41) is 0. The normalized spacial score (nSPS) is 10.6. The Labute approximate surface area is 167 Å². The van der Waals surface area contributed by atoms with Crippen molar-refractivity contribution in [1.82, 2.24) is 4.98 Å². The predicted molar refractivity (Wildman–Crippen MR) is 115 cm³/mol. The second-order valence-electron chi connectivity index (χ2n) is 6.23. The second-order valence-corrected chi connectivity index (χ2v) is 7.14. The Kier molecular flexibility index (Phi) is 5.03. The van der Waals surface area contributed by atoms with E-state index in [1.807, 2.05) is 42.5 Å². The van der Waals surface area contributed by atoms with E-state index in [2.05, 4.69) is 64.5 Å². The molecule has 0 saturated heterocycles. The molecule has 1 heterocycles. The molecule has 0 radical (unpaired) electrons. The van der Waals surface area contributed by atoms with Gasteiger partial charge in [0.15, 0.2) is 0 Å². The maximum Gasteiger partial charge on any atom is 0.118 e. The number of ether oxygens (including phenoxy) is 1. The van der Waals surface area contributed by atoms with E-state index in [0.717, 1.165) is 38.3 Å². The van der Waals surface area contributed by atoms with Crippen molar-refractivity contribution in [2.75, 3.05) is 7.11 Å². The largest absolute Gasteiger partial charge is 0.497 e.